The zero-order valence-electron chi connectivity index (χ0n) is 29.1. The summed E-state index contributed by atoms with van der Waals surface area (Å²) in [5.41, 5.74) is -1.67. The highest BCUT2D eigenvalue weighted by Gasteiger charge is 2.51. The molecule has 0 aliphatic carbocycles. The van der Waals surface area contributed by atoms with Crippen LogP contribution in [0.25, 0.3) is 21.5 Å². The molecule has 274 valence electrons. The molecule has 0 saturated heterocycles. The Morgan fingerprint density at radius 2 is 1.43 bits per heavy atom. The maximum Gasteiger partial charge on any atom is 0.305 e. The number of benzene rings is 5. The standard InChI is InChI=1S/C40H39N3O9S/c1-26(2)38(43-53(48,49)33-19-17-28-11-7-9-13-30(28)21-33)35-23-40(52-42-35,25-51-31-14-4-3-5-15-31)39(47)41-34(22-37(45)46)36(44)24-50-32-18-16-27-10-6-8-12-29(27)20-32/h3-21,26,34,38,43H,22-25H2,1-2H3,(H,41,47)(H,45,46)/t34-,38?,40?/m0/s1. The van der Waals surface area contributed by atoms with Gasteiger partial charge in [-0.05, 0) is 63.9 Å². The van der Waals surface area contributed by atoms with Crippen molar-refractivity contribution in [3.63, 3.8) is 0 Å². The lowest BCUT2D eigenvalue weighted by atomic mass is 9.89. The quantitative estimate of drug-likeness (QED) is 0.118. The van der Waals surface area contributed by atoms with Gasteiger partial charge in [-0.2, -0.15) is 0 Å². The predicted octanol–water partition coefficient (Wildman–Crippen LogP) is 5.50. The largest absolute Gasteiger partial charge is 0.489 e. The number of sulfonamides is 1. The average molecular weight is 738 g/mol. The Morgan fingerprint density at radius 1 is 0.811 bits per heavy atom. The third-order valence-electron chi connectivity index (χ3n) is 8.95. The monoisotopic (exact) mass is 737 g/mol. The van der Waals surface area contributed by atoms with E-state index in [2.05, 4.69) is 15.2 Å². The van der Waals surface area contributed by atoms with Gasteiger partial charge in [-0.25, -0.2) is 13.1 Å². The highest BCUT2D eigenvalue weighted by atomic mass is 32.2. The van der Waals surface area contributed by atoms with E-state index < -0.39 is 58.4 Å². The predicted molar refractivity (Wildman–Crippen MR) is 199 cm³/mol. The molecule has 2 unspecified atom stereocenters. The van der Waals surface area contributed by atoms with E-state index in [1.807, 2.05) is 54.6 Å². The number of rotatable bonds is 16. The van der Waals surface area contributed by atoms with Crippen molar-refractivity contribution in [2.75, 3.05) is 13.2 Å². The molecule has 12 nitrogen and oxygen atoms in total. The fraction of sp³-hybridized carbons (Fsp3) is 0.250. The number of ether oxygens (including phenoxy) is 2. The number of oxime groups is 1. The lowest BCUT2D eigenvalue weighted by Gasteiger charge is -2.28. The summed E-state index contributed by atoms with van der Waals surface area (Å²) in [5.74, 6) is -2.40. The Hall–Kier alpha value is -5.79. The minimum atomic E-state index is -4.07. The van der Waals surface area contributed by atoms with Crippen LogP contribution in [0, 0.1) is 5.92 Å². The number of para-hydroxylation sites is 1. The smallest absolute Gasteiger partial charge is 0.305 e. The highest BCUT2D eigenvalue weighted by Crippen LogP contribution is 2.30. The number of carboxylic acid groups (broad SMARTS) is 1. The van der Waals surface area contributed by atoms with E-state index in [1.165, 1.54) is 6.07 Å². The van der Waals surface area contributed by atoms with E-state index in [1.54, 1.807) is 68.4 Å². The van der Waals surface area contributed by atoms with Crippen LogP contribution in [0.4, 0.5) is 0 Å². The van der Waals surface area contributed by atoms with Crippen LogP contribution in [0.5, 0.6) is 11.5 Å². The van der Waals surface area contributed by atoms with E-state index in [0.717, 1.165) is 21.5 Å². The van der Waals surface area contributed by atoms with Gasteiger partial charge in [0.1, 0.15) is 30.8 Å². The number of ketones is 1. The zero-order valence-corrected chi connectivity index (χ0v) is 29.9. The Labute approximate surface area is 306 Å². The topological polar surface area (TPSA) is 170 Å². The van der Waals surface area contributed by atoms with Crippen molar-refractivity contribution in [1.82, 2.24) is 10.0 Å². The molecule has 5 aromatic rings. The second-order valence-electron chi connectivity index (χ2n) is 13.2. The number of fused-ring (bicyclic) bond motifs is 2. The van der Waals surface area contributed by atoms with Gasteiger partial charge in [0.15, 0.2) is 5.78 Å². The van der Waals surface area contributed by atoms with Crippen molar-refractivity contribution in [2.24, 2.45) is 11.1 Å². The maximum absolute atomic E-state index is 14.2. The number of carbonyl (C=O) groups excluding carboxylic acids is 2. The van der Waals surface area contributed by atoms with Gasteiger partial charge < -0.3 is 24.7 Å². The van der Waals surface area contributed by atoms with Crippen LogP contribution in [0.2, 0.25) is 0 Å². The molecule has 6 rings (SSSR count). The summed E-state index contributed by atoms with van der Waals surface area (Å²) < 4.78 is 41.8. The minimum Gasteiger partial charge on any atom is -0.489 e. The number of carboxylic acids is 1. The molecule has 1 aliphatic rings. The zero-order chi connectivity index (χ0) is 37.6. The molecule has 0 fully saturated rings. The van der Waals surface area contributed by atoms with Crippen LogP contribution >= 0.6 is 0 Å². The van der Waals surface area contributed by atoms with Crippen molar-refractivity contribution in [2.45, 2.75) is 49.3 Å². The summed E-state index contributed by atoms with van der Waals surface area (Å²) in [5, 5.41) is 19.9. The summed E-state index contributed by atoms with van der Waals surface area (Å²) >= 11 is 0. The third kappa shape index (κ3) is 8.82. The fourth-order valence-electron chi connectivity index (χ4n) is 6.03. The summed E-state index contributed by atoms with van der Waals surface area (Å²) in [7, 11) is -4.07. The Kier molecular flexibility index (Phi) is 11.1. The molecule has 53 heavy (non-hydrogen) atoms. The highest BCUT2D eigenvalue weighted by molar-refractivity contribution is 7.89. The second-order valence-corrected chi connectivity index (χ2v) is 14.9. The van der Waals surface area contributed by atoms with Crippen LogP contribution in [-0.2, 0) is 29.2 Å². The van der Waals surface area contributed by atoms with Crippen molar-refractivity contribution in [1.29, 1.82) is 0 Å². The van der Waals surface area contributed by atoms with E-state index in [-0.39, 0.29) is 29.6 Å². The Balaban J connectivity index is 1.21. The molecule has 1 heterocycles. The molecule has 13 heteroatoms. The molecule has 0 radical (unpaired) electrons. The van der Waals surface area contributed by atoms with Crippen molar-refractivity contribution >= 4 is 54.9 Å². The van der Waals surface area contributed by atoms with Gasteiger partial charge in [0.05, 0.1) is 23.1 Å². The van der Waals surface area contributed by atoms with Gasteiger partial charge in [-0.1, -0.05) is 97.9 Å². The van der Waals surface area contributed by atoms with Crippen LogP contribution in [0.1, 0.15) is 26.7 Å². The molecule has 0 spiro atoms. The van der Waals surface area contributed by atoms with E-state index in [0.29, 0.717) is 11.5 Å². The molecular weight excluding hydrogens is 699 g/mol. The number of amides is 1. The first-order valence-electron chi connectivity index (χ1n) is 17.0. The van der Waals surface area contributed by atoms with Crippen LogP contribution in [0.3, 0.4) is 0 Å². The molecule has 5 aromatic carbocycles. The molecule has 3 N–H and O–H groups in total. The number of nitrogens with one attached hydrogen (secondary N) is 2. The van der Waals surface area contributed by atoms with E-state index >= 15 is 0 Å². The lowest BCUT2D eigenvalue weighted by molar-refractivity contribution is -0.151. The summed E-state index contributed by atoms with van der Waals surface area (Å²) in [6, 6.07) is 31.3. The van der Waals surface area contributed by atoms with Crippen molar-refractivity contribution in [3.05, 3.63) is 115 Å². The number of Topliss-reactive ketones (excluding diaryl/α,β-unsaturated/α-hetero) is 1. The number of hydrogen-bond donors (Lipinski definition) is 3. The minimum absolute atomic E-state index is 0.0544. The number of carbonyl (C=O) groups is 3. The summed E-state index contributed by atoms with van der Waals surface area (Å²) in [4.78, 5) is 45.3. The van der Waals surface area contributed by atoms with Crippen LogP contribution in [0.15, 0.2) is 125 Å². The number of hydrogen-bond acceptors (Lipinski definition) is 9. The Morgan fingerprint density at radius 3 is 2.09 bits per heavy atom. The van der Waals surface area contributed by atoms with Crippen molar-refractivity contribution < 1.29 is 42.2 Å². The number of nitrogens with zero attached hydrogens (tertiary/aromatic N) is 1. The molecular formula is C40H39N3O9S. The molecule has 0 bridgehead atoms. The maximum atomic E-state index is 14.2. The summed E-state index contributed by atoms with van der Waals surface area (Å²) in [6.45, 7) is 2.69. The first kappa shape index (κ1) is 37.0. The van der Waals surface area contributed by atoms with Crippen LogP contribution in [-0.4, -0.2) is 67.8 Å². The molecule has 0 aromatic heterocycles. The van der Waals surface area contributed by atoms with Gasteiger partial charge in [0, 0.05) is 6.42 Å². The van der Waals surface area contributed by atoms with Crippen molar-refractivity contribution in [3.8, 4) is 11.5 Å². The molecule has 1 amide bonds. The SMILES string of the molecule is CC(C)C(NS(=O)(=O)c1ccc2ccccc2c1)C1=NOC(COc2ccccc2)(C(=O)N[C@@H](CC(=O)O)C(=O)COc2ccc3ccccc3c2)C1. The molecule has 0 saturated carbocycles. The summed E-state index contributed by atoms with van der Waals surface area (Å²) in [6.07, 6.45) is -0.953. The molecule has 3 atom stereocenters. The number of aliphatic carboxylic acids is 1. The van der Waals surface area contributed by atoms with E-state index in [9.17, 15) is 27.9 Å². The third-order valence-corrected chi connectivity index (χ3v) is 10.4. The first-order chi connectivity index (χ1) is 25.4. The lowest BCUT2D eigenvalue weighted by Crippen LogP contribution is -2.57. The normalized spacial score (nSPS) is 16.8. The van der Waals surface area contributed by atoms with Gasteiger partial charge in [0.2, 0.25) is 10.0 Å². The van der Waals surface area contributed by atoms with E-state index in [4.69, 9.17) is 14.3 Å². The van der Waals surface area contributed by atoms with Crippen LogP contribution < -0.4 is 19.5 Å². The molecule has 1 aliphatic heterocycles. The van der Waals surface area contributed by atoms with Gasteiger partial charge in [0.25, 0.3) is 11.5 Å². The van der Waals surface area contributed by atoms with Gasteiger partial charge >= 0.3 is 5.97 Å². The fourth-order valence-corrected chi connectivity index (χ4v) is 7.44. The van der Waals surface area contributed by atoms with Gasteiger partial charge in [-0.3, -0.25) is 14.4 Å². The van der Waals surface area contributed by atoms with Gasteiger partial charge in [-0.15, -0.1) is 0 Å². The second kappa shape index (κ2) is 15.8. The first-order valence-corrected chi connectivity index (χ1v) is 18.5. The Bertz CT molecular complexity index is 2280. The average Bonchev–Trinajstić information content (AvgIpc) is 3.60.